The van der Waals surface area contributed by atoms with Crippen LogP contribution in [-0.2, 0) is 4.79 Å². The summed E-state index contributed by atoms with van der Waals surface area (Å²) in [7, 11) is 0. The first kappa shape index (κ1) is 14.8. The molecule has 1 saturated heterocycles. The minimum atomic E-state index is 0. The molecule has 2 rings (SSSR count). The molecule has 1 amide bonds. The summed E-state index contributed by atoms with van der Waals surface area (Å²) in [5.74, 6) is 1.20. The van der Waals surface area contributed by atoms with Gasteiger partial charge in [-0.1, -0.05) is 12.8 Å². The Morgan fingerprint density at radius 2 is 1.94 bits per heavy atom. The highest BCUT2D eigenvalue weighted by Crippen LogP contribution is 2.27. The first-order valence-electron chi connectivity index (χ1n) is 6.78. The van der Waals surface area contributed by atoms with Gasteiger partial charge in [0.05, 0.1) is 5.92 Å². The zero-order valence-electron chi connectivity index (χ0n) is 10.7. The number of hydrogen-bond acceptors (Lipinski definition) is 2. The number of carbonyl (C=O) groups excluding carboxylic acids is 1. The maximum Gasteiger partial charge on any atom is 0.224 e. The van der Waals surface area contributed by atoms with Crippen LogP contribution < -0.4 is 10.6 Å². The van der Waals surface area contributed by atoms with Crippen molar-refractivity contribution in [1.29, 1.82) is 0 Å². The molecule has 0 aromatic carbocycles. The molecule has 2 N–H and O–H groups in total. The fourth-order valence-electron chi connectivity index (χ4n) is 2.99. The number of rotatable bonds is 3. The summed E-state index contributed by atoms with van der Waals surface area (Å²) in [6.45, 7) is 4.11. The summed E-state index contributed by atoms with van der Waals surface area (Å²) in [5.41, 5.74) is 0. The first-order valence-corrected chi connectivity index (χ1v) is 6.78. The molecule has 0 aromatic heterocycles. The number of nitrogens with one attached hydrogen (secondary N) is 2. The minimum absolute atomic E-state index is 0. The molecule has 0 radical (unpaired) electrons. The summed E-state index contributed by atoms with van der Waals surface area (Å²) in [5, 5.41) is 6.51. The highest BCUT2D eigenvalue weighted by Gasteiger charge is 2.26. The van der Waals surface area contributed by atoms with Gasteiger partial charge in [0.1, 0.15) is 0 Å². The Labute approximate surface area is 111 Å². The number of carbonyl (C=O) groups is 1. The number of halogens is 1. The van der Waals surface area contributed by atoms with Gasteiger partial charge in [-0.25, -0.2) is 0 Å². The molecule has 2 aliphatic rings. The summed E-state index contributed by atoms with van der Waals surface area (Å²) >= 11 is 0. The van der Waals surface area contributed by atoms with E-state index in [1.165, 1.54) is 25.7 Å². The lowest BCUT2D eigenvalue weighted by atomic mass is 9.96. The van der Waals surface area contributed by atoms with E-state index in [1.54, 1.807) is 0 Å². The van der Waals surface area contributed by atoms with Crippen molar-refractivity contribution < 1.29 is 4.79 Å². The first-order chi connectivity index (χ1) is 7.77. The molecule has 0 bridgehead atoms. The van der Waals surface area contributed by atoms with Crippen molar-refractivity contribution in [2.45, 2.75) is 51.5 Å². The molecular formula is C13H25ClN2O. The van der Waals surface area contributed by atoms with E-state index in [0.717, 1.165) is 31.8 Å². The highest BCUT2D eigenvalue weighted by molar-refractivity contribution is 5.85. The van der Waals surface area contributed by atoms with Gasteiger partial charge in [0.2, 0.25) is 5.91 Å². The van der Waals surface area contributed by atoms with E-state index in [4.69, 9.17) is 0 Å². The fourth-order valence-corrected chi connectivity index (χ4v) is 2.99. The molecule has 0 spiro atoms. The maximum atomic E-state index is 12.0. The lowest BCUT2D eigenvalue weighted by Crippen LogP contribution is -2.45. The summed E-state index contributed by atoms with van der Waals surface area (Å²) in [4.78, 5) is 12.0. The molecular weight excluding hydrogens is 236 g/mol. The SMILES string of the molecule is CC(NC(=O)C1CCCNC1)C1CCCC1.Cl. The largest absolute Gasteiger partial charge is 0.353 e. The van der Waals surface area contributed by atoms with Gasteiger partial charge in [-0.05, 0) is 45.1 Å². The van der Waals surface area contributed by atoms with Crippen LogP contribution in [0.3, 0.4) is 0 Å². The zero-order chi connectivity index (χ0) is 11.4. The van der Waals surface area contributed by atoms with Crippen molar-refractivity contribution in [3.8, 4) is 0 Å². The van der Waals surface area contributed by atoms with Crippen molar-refractivity contribution in [2.24, 2.45) is 11.8 Å². The molecule has 1 aliphatic heterocycles. The van der Waals surface area contributed by atoms with E-state index in [2.05, 4.69) is 17.6 Å². The lowest BCUT2D eigenvalue weighted by Gasteiger charge is -2.26. The standard InChI is InChI=1S/C13H24N2O.ClH/c1-10(11-5-2-3-6-11)15-13(16)12-7-4-8-14-9-12;/h10-12,14H,2-9H2,1H3,(H,15,16);1H. The molecule has 2 atom stereocenters. The van der Waals surface area contributed by atoms with Crippen molar-refractivity contribution in [3.63, 3.8) is 0 Å². The molecule has 1 heterocycles. The summed E-state index contributed by atoms with van der Waals surface area (Å²) < 4.78 is 0. The number of amides is 1. The number of piperidine rings is 1. The molecule has 2 fully saturated rings. The monoisotopic (exact) mass is 260 g/mol. The highest BCUT2D eigenvalue weighted by atomic mass is 35.5. The van der Waals surface area contributed by atoms with E-state index in [-0.39, 0.29) is 24.2 Å². The van der Waals surface area contributed by atoms with Gasteiger partial charge in [0.15, 0.2) is 0 Å². The normalized spacial score (nSPS) is 27.2. The van der Waals surface area contributed by atoms with Crippen LogP contribution in [0.1, 0.15) is 45.4 Å². The molecule has 0 aromatic rings. The summed E-state index contributed by atoms with van der Waals surface area (Å²) in [6.07, 6.45) is 7.46. The molecule has 17 heavy (non-hydrogen) atoms. The quantitative estimate of drug-likeness (QED) is 0.816. The van der Waals surface area contributed by atoms with Gasteiger partial charge < -0.3 is 10.6 Å². The van der Waals surface area contributed by atoms with Crippen molar-refractivity contribution in [2.75, 3.05) is 13.1 Å². The van der Waals surface area contributed by atoms with Gasteiger partial charge in [-0.2, -0.15) is 0 Å². The second-order valence-electron chi connectivity index (χ2n) is 5.39. The van der Waals surface area contributed by atoms with Crippen LogP contribution in [0, 0.1) is 11.8 Å². The third kappa shape index (κ3) is 4.14. The molecule has 3 nitrogen and oxygen atoms in total. The second-order valence-corrected chi connectivity index (χ2v) is 5.39. The van der Waals surface area contributed by atoms with Crippen LogP contribution in [0.15, 0.2) is 0 Å². The predicted molar refractivity (Wildman–Crippen MR) is 72.4 cm³/mol. The van der Waals surface area contributed by atoms with E-state index in [9.17, 15) is 4.79 Å². The van der Waals surface area contributed by atoms with Crippen molar-refractivity contribution in [1.82, 2.24) is 10.6 Å². The van der Waals surface area contributed by atoms with E-state index in [1.807, 2.05) is 0 Å². The summed E-state index contributed by atoms with van der Waals surface area (Å²) in [6, 6.07) is 0.372. The smallest absolute Gasteiger partial charge is 0.224 e. The zero-order valence-corrected chi connectivity index (χ0v) is 11.5. The van der Waals surface area contributed by atoms with Gasteiger partial charge in [-0.3, -0.25) is 4.79 Å². The molecule has 1 saturated carbocycles. The van der Waals surface area contributed by atoms with Crippen LogP contribution in [-0.4, -0.2) is 25.0 Å². The van der Waals surface area contributed by atoms with Crippen LogP contribution in [0.25, 0.3) is 0 Å². The van der Waals surface area contributed by atoms with E-state index < -0.39 is 0 Å². The van der Waals surface area contributed by atoms with Crippen LogP contribution in [0.2, 0.25) is 0 Å². The molecule has 100 valence electrons. The van der Waals surface area contributed by atoms with Crippen LogP contribution in [0.5, 0.6) is 0 Å². The Morgan fingerprint density at radius 3 is 2.53 bits per heavy atom. The average Bonchev–Trinajstić information content (AvgIpc) is 2.83. The molecule has 4 heteroatoms. The number of hydrogen-bond donors (Lipinski definition) is 2. The van der Waals surface area contributed by atoms with Gasteiger partial charge >= 0.3 is 0 Å². The molecule has 2 unspecified atom stereocenters. The Bertz CT molecular complexity index is 236. The maximum absolute atomic E-state index is 12.0. The Balaban J connectivity index is 0.00000144. The van der Waals surface area contributed by atoms with Crippen molar-refractivity contribution in [3.05, 3.63) is 0 Å². The Kier molecular flexibility index (Phi) is 6.28. The average molecular weight is 261 g/mol. The van der Waals surface area contributed by atoms with E-state index >= 15 is 0 Å². The van der Waals surface area contributed by atoms with Gasteiger partial charge in [-0.15, -0.1) is 12.4 Å². The Hall–Kier alpha value is -0.280. The van der Waals surface area contributed by atoms with Crippen molar-refractivity contribution >= 4 is 18.3 Å². The second kappa shape index (κ2) is 7.22. The van der Waals surface area contributed by atoms with Crippen LogP contribution in [0.4, 0.5) is 0 Å². The van der Waals surface area contributed by atoms with Crippen LogP contribution >= 0.6 is 12.4 Å². The molecule has 1 aliphatic carbocycles. The Morgan fingerprint density at radius 1 is 1.24 bits per heavy atom. The fraction of sp³-hybridized carbons (Fsp3) is 0.923. The lowest BCUT2D eigenvalue weighted by molar-refractivity contribution is -0.126. The predicted octanol–water partition coefficient (Wildman–Crippen LogP) is 2.10. The van der Waals surface area contributed by atoms with Gasteiger partial charge in [0.25, 0.3) is 0 Å². The topological polar surface area (TPSA) is 41.1 Å². The third-order valence-electron chi connectivity index (χ3n) is 4.14. The van der Waals surface area contributed by atoms with E-state index in [0.29, 0.717) is 6.04 Å². The third-order valence-corrected chi connectivity index (χ3v) is 4.14. The minimum Gasteiger partial charge on any atom is -0.353 e. The van der Waals surface area contributed by atoms with Gasteiger partial charge in [0, 0.05) is 12.6 Å².